The molecule has 0 unspecified atom stereocenters. The molecule has 0 bridgehead atoms. The molecule has 0 spiro atoms. The first-order valence-corrected chi connectivity index (χ1v) is 10.5. The highest BCUT2D eigenvalue weighted by molar-refractivity contribution is 7.22. The fourth-order valence-electron chi connectivity index (χ4n) is 3.61. The molecule has 1 aromatic heterocycles. The van der Waals surface area contributed by atoms with Crippen LogP contribution in [0.1, 0.15) is 34.3 Å². The minimum Gasteiger partial charge on any atom is -0.308 e. The molecule has 1 aliphatic carbocycles. The van der Waals surface area contributed by atoms with Crippen LogP contribution in [-0.4, -0.2) is 43.0 Å². The van der Waals surface area contributed by atoms with Gasteiger partial charge in [0.25, 0.3) is 5.91 Å². The van der Waals surface area contributed by atoms with E-state index in [1.807, 2.05) is 31.1 Å². The number of carbonyl (C=O) groups excluding carboxylic acids is 1. The van der Waals surface area contributed by atoms with E-state index < -0.39 is 0 Å². The summed E-state index contributed by atoms with van der Waals surface area (Å²) < 4.78 is 14.3. The molecular weight excluding hydrogens is 409 g/mol. The second-order valence-electron chi connectivity index (χ2n) is 7.56. The summed E-state index contributed by atoms with van der Waals surface area (Å²) in [5.74, 6) is -0.335. The van der Waals surface area contributed by atoms with E-state index in [4.69, 9.17) is 0 Å². The number of nitrogens with zero attached hydrogens (tertiary/aromatic N) is 3. The monoisotopic (exact) mass is 433 g/mol. The number of benzene rings is 2. The largest absolute Gasteiger partial charge is 0.308 e. The van der Waals surface area contributed by atoms with E-state index >= 15 is 0 Å². The number of amides is 1. The number of hydrogen-bond donors (Lipinski definition) is 0. The van der Waals surface area contributed by atoms with Gasteiger partial charge in [-0.1, -0.05) is 17.4 Å². The van der Waals surface area contributed by atoms with E-state index in [-0.39, 0.29) is 24.1 Å². The molecule has 29 heavy (non-hydrogen) atoms. The maximum absolute atomic E-state index is 13.6. The van der Waals surface area contributed by atoms with Gasteiger partial charge in [0.05, 0.1) is 10.2 Å². The van der Waals surface area contributed by atoms with Crippen molar-refractivity contribution in [2.24, 2.45) is 0 Å². The number of thiazole rings is 1. The lowest BCUT2D eigenvalue weighted by Gasteiger charge is -2.23. The standard InChI is InChI=1S/C22H24FN3OS.ClH/c1-25(2)11-12-26(22-24-19-10-9-18(23)14-20(19)28-22)21(27)17-8-7-15-5-3-4-6-16(15)13-17;/h7-10,13-14H,3-6,11-12H2,1-2H3;1H. The van der Waals surface area contributed by atoms with Crippen molar-refractivity contribution >= 4 is 45.0 Å². The maximum Gasteiger partial charge on any atom is 0.260 e. The average Bonchev–Trinajstić information content (AvgIpc) is 3.10. The number of aromatic nitrogens is 1. The third-order valence-corrected chi connectivity index (χ3v) is 6.22. The predicted octanol–water partition coefficient (Wildman–Crippen LogP) is 4.94. The molecular formula is C22H25ClFN3OS. The molecule has 4 rings (SSSR count). The van der Waals surface area contributed by atoms with Crippen LogP contribution in [0.3, 0.4) is 0 Å². The van der Waals surface area contributed by atoms with Gasteiger partial charge in [0.1, 0.15) is 5.82 Å². The molecule has 0 saturated heterocycles. The SMILES string of the molecule is CN(C)CCN(C(=O)c1ccc2c(c1)CCCC2)c1nc2ccc(F)cc2s1.Cl. The number of hydrogen-bond acceptors (Lipinski definition) is 4. The fourth-order valence-corrected chi connectivity index (χ4v) is 4.62. The Morgan fingerprint density at radius 2 is 1.83 bits per heavy atom. The summed E-state index contributed by atoms with van der Waals surface area (Å²) in [6.07, 6.45) is 4.53. The lowest BCUT2D eigenvalue weighted by molar-refractivity contribution is 0.0985. The van der Waals surface area contributed by atoms with Gasteiger partial charge in [-0.3, -0.25) is 9.69 Å². The van der Waals surface area contributed by atoms with E-state index in [1.54, 1.807) is 11.0 Å². The van der Waals surface area contributed by atoms with Crippen LogP contribution in [-0.2, 0) is 12.8 Å². The van der Waals surface area contributed by atoms with Gasteiger partial charge >= 0.3 is 0 Å². The Bertz CT molecular complexity index is 1020. The van der Waals surface area contributed by atoms with Crippen molar-refractivity contribution in [2.45, 2.75) is 25.7 Å². The van der Waals surface area contributed by atoms with Crippen molar-refractivity contribution in [3.05, 3.63) is 58.9 Å². The lowest BCUT2D eigenvalue weighted by atomic mass is 9.90. The Hall–Kier alpha value is -2.02. The molecule has 0 N–H and O–H groups in total. The van der Waals surface area contributed by atoms with Gasteiger partial charge in [-0.25, -0.2) is 9.37 Å². The zero-order chi connectivity index (χ0) is 19.7. The summed E-state index contributed by atoms with van der Waals surface area (Å²) in [5.41, 5.74) is 4.06. The van der Waals surface area contributed by atoms with Crippen LogP contribution < -0.4 is 4.90 Å². The molecule has 0 radical (unpaired) electrons. The van der Waals surface area contributed by atoms with Gasteiger partial charge < -0.3 is 4.90 Å². The molecule has 3 aromatic rings. The first kappa shape index (κ1) is 21.7. The van der Waals surface area contributed by atoms with Gasteiger partial charge in [-0.05, 0) is 81.2 Å². The summed E-state index contributed by atoms with van der Waals surface area (Å²) in [7, 11) is 3.96. The third kappa shape index (κ3) is 4.77. The Morgan fingerprint density at radius 1 is 1.07 bits per heavy atom. The van der Waals surface area contributed by atoms with Crippen molar-refractivity contribution in [3.63, 3.8) is 0 Å². The molecule has 0 fully saturated rings. The van der Waals surface area contributed by atoms with Gasteiger partial charge in [-0.15, -0.1) is 12.4 Å². The van der Waals surface area contributed by atoms with E-state index in [0.717, 1.165) is 29.6 Å². The number of likely N-dealkylation sites (N-methyl/N-ethyl adjacent to an activating group) is 1. The fraction of sp³-hybridized carbons (Fsp3) is 0.364. The van der Waals surface area contributed by atoms with Crippen molar-refractivity contribution < 1.29 is 9.18 Å². The van der Waals surface area contributed by atoms with Gasteiger partial charge in [0.2, 0.25) is 0 Å². The van der Waals surface area contributed by atoms with Crippen LogP contribution in [0, 0.1) is 5.82 Å². The minimum atomic E-state index is -0.288. The number of aryl methyl sites for hydroxylation is 2. The van der Waals surface area contributed by atoms with E-state index in [2.05, 4.69) is 11.1 Å². The highest BCUT2D eigenvalue weighted by Gasteiger charge is 2.23. The molecule has 7 heteroatoms. The molecule has 2 aromatic carbocycles. The topological polar surface area (TPSA) is 36.4 Å². The molecule has 0 aliphatic heterocycles. The minimum absolute atomic E-state index is 0. The van der Waals surface area contributed by atoms with Crippen LogP contribution in [0.15, 0.2) is 36.4 Å². The van der Waals surface area contributed by atoms with E-state index in [9.17, 15) is 9.18 Å². The maximum atomic E-state index is 13.6. The second-order valence-corrected chi connectivity index (χ2v) is 8.57. The quantitative estimate of drug-likeness (QED) is 0.571. The first-order valence-electron chi connectivity index (χ1n) is 9.66. The number of carbonyl (C=O) groups is 1. The molecule has 1 heterocycles. The second kappa shape index (κ2) is 9.20. The molecule has 1 amide bonds. The average molecular weight is 434 g/mol. The van der Waals surface area contributed by atoms with Crippen molar-refractivity contribution in [3.8, 4) is 0 Å². The number of anilines is 1. The Balaban J connectivity index is 0.00000240. The summed E-state index contributed by atoms with van der Waals surface area (Å²) in [5, 5.41) is 0.616. The Kier molecular flexibility index (Phi) is 6.88. The smallest absolute Gasteiger partial charge is 0.260 e. The predicted molar refractivity (Wildman–Crippen MR) is 120 cm³/mol. The first-order chi connectivity index (χ1) is 13.5. The van der Waals surface area contributed by atoms with Crippen LogP contribution in [0.5, 0.6) is 0 Å². The summed E-state index contributed by atoms with van der Waals surface area (Å²) in [4.78, 5) is 21.8. The van der Waals surface area contributed by atoms with Gasteiger partial charge in [0, 0.05) is 18.7 Å². The van der Waals surface area contributed by atoms with Gasteiger partial charge in [0.15, 0.2) is 5.13 Å². The zero-order valence-electron chi connectivity index (χ0n) is 16.7. The van der Waals surface area contributed by atoms with Crippen LogP contribution in [0.25, 0.3) is 10.2 Å². The molecule has 0 atom stereocenters. The van der Waals surface area contributed by atoms with Crippen LogP contribution in [0.2, 0.25) is 0 Å². The van der Waals surface area contributed by atoms with E-state index in [1.165, 1.54) is 47.4 Å². The normalized spacial score (nSPS) is 13.2. The molecule has 0 saturated carbocycles. The zero-order valence-corrected chi connectivity index (χ0v) is 18.3. The van der Waals surface area contributed by atoms with Crippen molar-refractivity contribution in [2.75, 3.05) is 32.1 Å². The highest BCUT2D eigenvalue weighted by atomic mass is 35.5. The summed E-state index contributed by atoms with van der Waals surface area (Å²) >= 11 is 1.36. The number of rotatable bonds is 5. The van der Waals surface area contributed by atoms with Crippen molar-refractivity contribution in [1.82, 2.24) is 9.88 Å². The summed E-state index contributed by atoms with van der Waals surface area (Å²) in [6, 6.07) is 10.6. The third-order valence-electron chi connectivity index (χ3n) is 5.18. The molecule has 154 valence electrons. The molecule has 1 aliphatic rings. The number of fused-ring (bicyclic) bond motifs is 2. The van der Waals surface area contributed by atoms with Crippen LogP contribution in [0.4, 0.5) is 9.52 Å². The van der Waals surface area contributed by atoms with Gasteiger partial charge in [-0.2, -0.15) is 0 Å². The van der Waals surface area contributed by atoms with Crippen LogP contribution >= 0.6 is 23.7 Å². The number of halogens is 2. The summed E-state index contributed by atoms with van der Waals surface area (Å²) in [6.45, 7) is 1.26. The highest BCUT2D eigenvalue weighted by Crippen LogP contribution is 2.31. The van der Waals surface area contributed by atoms with Crippen molar-refractivity contribution in [1.29, 1.82) is 0 Å². The van der Waals surface area contributed by atoms with E-state index in [0.29, 0.717) is 17.2 Å². The lowest BCUT2D eigenvalue weighted by Crippen LogP contribution is -2.36. The molecule has 4 nitrogen and oxygen atoms in total. The Labute approximate surface area is 180 Å². The Morgan fingerprint density at radius 3 is 2.59 bits per heavy atom.